The van der Waals surface area contributed by atoms with E-state index in [1.807, 2.05) is 0 Å². The van der Waals surface area contributed by atoms with Gasteiger partial charge in [0.05, 0.1) is 0 Å². The third kappa shape index (κ3) is 3.09. The van der Waals surface area contributed by atoms with E-state index in [0.29, 0.717) is 0 Å². The van der Waals surface area contributed by atoms with Gasteiger partial charge >= 0.3 is 0 Å². The van der Waals surface area contributed by atoms with Gasteiger partial charge in [0.2, 0.25) is 0 Å². The third-order valence-electron chi connectivity index (χ3n) is 6.29. The molecule has 0 spiro atoms. The van der Waals surface area contributed by atoms with E-state index in [2.05, 4.69) is 133 Å². The van der Waals surface area contributed by atoms with E-state index in [1.165, 1.54) is 53.9 Å². The molecule has 0 amide bonds. The molecule has 0 saturated heterocycles. The fraction of sp³-hybridized carbons (Fsp3) is 0. The van der Waals surface area contributed by atoms with Gasteiger partial charge in [0.1, 0.15) is 0 Å². The molecule has 0 unspecified atom stereocenters. The smallest absolute Gasteiger partial charge is 0.00204 e. The van der Waals surface area contributed by atoms with Crippen LogP contribution in [0.1, 0.15) is 0 Å². The van der Waals surface area contributed by atoms with Gasteiger partial charge in [0.25, 0.3) is 0 Å². The van der Waals surface area contributed by atoms with Crippen LogP contribution in [0.5, 0.6) is 0 Å². The van der Waals surface area contributed by atoms with Gasteiger partial charge in [-0.15, -0.1) is 0 Å². The first kappa shape index (κ1) is 18.6. The van der Waals surface area contributed by atoms with Crippen molar-refractivity contribution in [1.29, 1.82) is 0 Å². The van der Waals surface area contributed by atoms with Gasteiger partial charge in [-0.3, -0.25) is 0 Å². The number of benzene rings is 7. The average molecular weight is 407 g/mol. The second-order valence-corrected chi connectivity index (χ2v) is 8.15. The molecule has 0 aliphatic rings. The molecule has 0 N–H and O–H groups in total. The zero-order chi connectivity index (χ0) is 21.3. The monoisotopic (exact) mass is 406 g/mol. The van der Waals surface area contributed by atoms with Gasteiger partial charge in [-0.25, -0.2) is 0 Å². The van der Waals surface area contributed by atoms with Crippen molar-refractivity contribution in [2.45, 2.75) is 0 Å². The minimum absolute atomic E-state index is 1.30. The summed E-state index contributed by atoms with van der Waals surface area (Å²) < 4.78 is 0. The van der Waals surface area contributed by atoms with Crippen LogP contribution in [0.4, 0.5) is 0 Å². The Morgan fingerprint density at radius 1 is 0.219 bits per heavy atom. The Morgan fingerprint density at radius 3 is 1.09 bits per heavy atom. The highest BCUT2D eigenvalue weighted by Gasteiger charge is 2.10. The van der Waals surface area contributed by atoms with Crippen LogP contribution >= 0.6 is 0 Å². The quantitative estimate of drug-likeness (QED) is 0.220. The summed E-state index contributed by atoms with van der Waals surface area (Å²) in [7, 11) is 0. The van der Waals surface area contributed by atoms with Crippen LogP contribution in [0.3, 0.4) is 0 Å². The molecule has 0 fully saturated rings. The topological polar surface area (TPSA) is 0 Å². The lowest BCUT2D eigenvalue weighted by Gasteiger charge is -2.12. The summed E-state index contributed by atoms with van der Waals surface area (Å²) in [6.07, 6.45) is 0. The molecule has 7 aromatic carbocycles. The van der Waals surface area contributed by atoms with Crippen LogP contribution in [-0.2, 0) is 0 Å². The Kier molecular flexibility index (Phi) is 4.55. The number of hydrogen-bond acceptors (Lipinski definition) is 0. The van der Waals surface area contributed by atoms with Crippen molar-refractivity contribution in [3.63, 3.8) is 0 Å². The molecule has 7 rings (SSSR count). The lowest BCUT2D eigenvalue weighted by atomic mass is 9.91. The zero-order valence-electron chi connectivity index (χ0n) is 17.7. The summed E-state index contributed by atoms with van der Waals surface area (Å²) in [6.45, 7) is 0. The highest BCUT2D eigenvalue weighted by atomic mass is 14.1. The molecule has 0 aliphatic heterocycles. The van der Waals surface area contributed by atoms with Crippen LogP contribution in [0.25, 0.3) is 53.9 Å². The Labute approximate surface area is 187 Å². The van der Waals surface area contributed by atoms with Crippen molar-refractivity contribution in [3.8, 4) is 0 Å². The molecule has 0 radical (unpaired) electrons. The minimum atomic E-state index is 1.30. The number of fused-ring (bicyclic) bond motifs is 9. The first-order valence-electron chi connectivity index (χ1n) is 11.0. The normalized spacial score (nSPS) is 11.1. The summed E-state index contributed by atoms with van der Waals surface area (Å²) in [4.78, 5) is 0. The largest absolute Gasteiger partial charge is 0.0616 e. The maximum Gasteiger partial charge on any atom is -0.00204 e. The number of rotatable bonds is 0. The molecular formula is C32H22. The molecule has 0 aromatic heterocycles. The van der Waals surface area contributed by atoms with E-state index >= 15 is 0 Å². The van der Waals surface area contributed by atoms with E-state index in [0.717, 1.165) is 0 Å². The third-order valence-corrected chi connectivity index (χ3v) is 6.29. The highest BCUT2D eigenvalue weighted by Crippen LogP contribution is 2.38. The summed E-state index contributed by atoms with van der Waals surface area (Å²) >= 11 is 0. The summed E-state index contributed by atoms with van der Waals surface area (Å²) in [6, 6.07) is 47.4. The van der Waals surface area contributed by atoms with Gasteiger partial charge in [-0.2, -0.15) is 0 Å². The summed E-state index contributed by atoms with van der Waals surface area (Å²) in [5, 5.41) is 13.3. The van der Waals surface area contributed by atoms with Gasteiger partial charge in [-0.05, 0) is 53.9 Å². The van der Waals surface area contributed by atoms with Crippen LogP contribution < -0.4 is 0 Å². The van der Waals surface area contributed by atoms with E-state index in [1.54, 1.807) is 0 Å². The Hall–Kier alpha value is -4.16. The van der Waals surface area contributed by atoms with Gasteiger partial charge in [0.15, 0.2) is 0 Å². The lowest BCUT2D eigenvalue weighted by Crippen LogP contribution is -1.84. The summed E-state index contributed by atoms with van der Waals surface area (Å²) in [5.41, 5.74) is 0. The van der Waals surface area contributed by atoms with E-state index < -0.39 is 0 Å². The first-order valence-corrected chi connectivity index (χ1v) is 11.0. The van der Waals surface area contributed by atoms with Gasteiger partial charge in [-0.1, -0.05) is 133 Å². The molecule has 32 heavy (non-hydrogen) atoms. The van der Waals surface area contributed by atoms with Crippen molar-refractivity contribution in [1.82, 2.24) is 0 Å². The molecule has 0 aliphatic carbocycles. The van der Waals surface area contributed by atoms with Crippen LogP contribution in [-0.4, -0.2) is 0 Å². The van der Waals surface area contributed by atoms with Crippen LogP contribution in [0.15, 0.2) is 133 Å². The first-order chi connectivity index (χ1) is 15.9. The molecule has 0 heterocycles. The lowest BCUT2D eigenvalue weighted by molar-refractivity contribution is 1.75. The van der Waals surface area contributed by atoms with Crippen molar-refractivity contribution in [2.75, 3.05) is 0 Å². The fourth-order valence-corrected chi connectivity index (χ4v) is 4.81. The molecule has 0 bridgehead atoms. The van der Waals surface area contributed by atoms with Gasteiger partial charge in [0, 0.05) is 0 Å². The van der Waals surface area contributed by atoms with Crippen LogP contribution in [0.2, 0.25) is 0 Å². The SMILES string of the molecule is c1ccc2c(c1)ccc1c3ccccc3c3ccccc3c21.c1ccc2ccccc2c1. The van der Waals surface area contributed by atoms with Crippen molar-refractivity contribution in [3.05, 3.63) is 133 Å². The Bertz CT molecular complexity index is 1610. The molecule has 0 heteroatoms. The van der Waals surface area contributed by atoms with E-state index in [9.17, 15) is 0 Å². The predicted octanol–water partition coefficient (Wildman–Crippen LogP) is 9.14. The molecular weight excluding hydrogens is 384 g/mol. The maximum atomic E-state index is 2.27. The Morgan fingerprint density at radius 2 is 0.562 bits per heavy atom. The average Bonchev–Trinajstić information content (AvgIpc) is 2.89. The minimum Gasteiger partial charge on any atom is -0.0616 e. The number of hydrogen-bond donors (Lipinski definition) is 0. The maximum absolute atomic E-state index is 2.27. The van der Waals surface area contributed by atoms with Crippen molar-refractivity contribution < 1.29 is 0 Å². The zero-order valence-corrected chi connectivity index (χ0v) is 17.7. The Balaban J connectivity index is 0.000000164. The molecule has 150 valence electrons. The second-order valence-electron chi connectivity index (χ2n) is 8.15. The van der Waals surface area contributed by atoms with Crippen molar-refractivity contribution in [2.24, 2.45) is 0 Å². The fourth-order valence-electron chi connectivity index (χ4n) is 4.81. The van der Waals surface area contributed by atoms with Crippen molar-refractivity contribution >= 4 is 53.9 Å². The molecule has 0 saturated carbocycles. The second kappa shape index (κ2) is 7.83. The highest BCUT2D eigenvalue weighted by molar-refractivity contribution is 6.31. The van der Waals surface area contributed by atoms with E-state index in [-0.39, 0.29) is 0 Å². The van der Waals surface area contributed by atoms with E-state index in [4.69, 9.17) is 0 Å². The molecule has 7 aromatic rings. The standard InChI is InChI=1S/C22H14.C10H8/c1-2-8-16-15(7-1)13-14-21-19-11-4-3-9-17(19)18-10-5-6-12-20(18)22(16)21;1-2-6-10-8-4-3-7-9(10)5-1/h1-14H;1-8H. The van der Waals surface area contributed by atoms with Gasteiger partial charge < -0.3 is 0 Å². The van der Waals surface area contributed by atoms with Crippen LogP contribution in [0, 0.1) is 0 Å². The molecule has 0 nitrogen and oxygen atoms in total. The summed E-state index contributed by atoms with van der Waals surface area (Å²) in [5.74, 6) is 0. The molecule has 0 atom stereocenters. The predicted molar refractivity (Wildman–Crippen MR) is 140 cm³/mol.